The Morgan fingerprint density at radius 1 is 1.27 bits per heavy atom. The standard InChI is InChI=1S/C14H21N3O5/c1-9(2)16-14(18)15-6-5-10-7-12(21-3)13(22-4)8-11(10)17(19)20/h7-9H,5-6H2,1-4H3,(H2,15,16,18). The fourth-order valence-electron chi connectivity index (χ4n) is 1.90. The Morgan fingerprint density at radius 3 is 2.36 bits per heavy atom. The lowest BCUT2D eigenvalue weighted by Gasteiger charge is -2.12. The number of benzene rings is 1. The number of nitrogens with zero attached hydrogens (tertiary/aromatic N) is 1. The number of methoxy groups -OCH3 is 2. The first-order valence-corrected chi connectivity index (χ1v) is 6.82. The molecule has 1 aromatic rings. The molecule has 0 fully saturated rings. The molecule has 122 valence electrons. The molecule has 1 aromatic carbocycles. The highest BCUT2D eigenvalue weighted by Gasteiger charge is 2.19. The van der Waals surface area contributed by atoms with Crippen molar-refractivity contribution in [1.29, 1.82) is 0 Å². The summed E-state index contributed by atoms with van der Waals surface area (Å²) in [6.07, 6.45) is 0.308. The zero-order chi connectivity index (χ0) is 16.7. The number of rotatable bonds is 7. The Labute approximate surface area is 128 Å². The summed E-state index contributed by atoms with van der Waals surface area (Å²) < 4.78 is 10.2. The smallest absolute Gasteiger partial charge is 0.314 e. The predicted octanol–water partition coefficient (Wildman–Crippen LogP) is 1.86. The molecule has 0 unspecified atom stereocenters. The van der Waals surface area contributed by atoms with Crippen molar-refractivity contribution in [3.8, 4) is 11.5 Å². The molecule has 0 saturated heterocycles. The van der Waals surface area contributed by atoms with Crippen LogP contribution >= 0.6 is 0 Å². The molecule has 0 aliphatic rings. The van der Waals surface area contributed by atoms with E-state index in [2.05, 4.69) is 10.6 Å². The van der Waals surface area contributed by atoms with Crippen LogP contribution < -0.4 is 20.1 Å². The molecule has 0 aliphatic heterocycles. The molecule has 0 aliphatic carbocycles. The fourth-order valence-corrected chi connectivity index (χ4v) is 1.90. The van der Waals surface area contributed by atoms with Gasteiger partial charge in [0.05, 0.1) is 25.2 Å². The van der Waals surface area contributed by atoms with Crippen LogP contribution in [0.4, 0.5) is 10.5 Å². The summed E-state index contributed by atoms with van der Waals surface area (Å²) >= 11 is 0. The van der Waals surface area contributed by atoms with Gasteiger partial charge in [-0.2, -0.15) is 0 Å². The largest absolute Gasteiger partial charge is 0.493 e. The van der Waals surface area contributed by atoms with Gasteiger partial charge in [-0.25, -0.2) is 4.79 Å². The quantitative estimate of drug-likeness (QED) is 0.591. The molecular weight excluding hydrogens is 290 g/mol. The van der Waals surface area contributed by atoms with Crippen molar-refractivity contribution in [3.05, 3.63) is 27.8 Å². The maximum absolute atomic E-state index is 11.5. The summed E-state index contributed by atoms with van der Waals surface area (Å²) in [6.45, 7) is 3.96. The van der Waals surface area contributed by atoms with Crippen molar-refractivity contribution in [2.75, 3.05) is 20.8 Å². The molecule has 0 atom stereocenters. The highest BCUT2D eigenvalue weighted by Crippen LogP contribution is 2.34. The molecule has 0 aromatic heterocycles. The van der Waals surface area contributed by atoms with E-state index in [0.717, 1.165) is 0 Å². The second kappa shape index (κ2) is 8.06. The molecule has 22 heavy (non-hydrogen) atoms. The van der Waals surface area contributed by atoms with Gasteiger partial charge in [0.1, 0.15) is 0 Å². The van der Waals surface area contributed by atoms with Crippen LogP contribution in [0.1, 0.15) is 19.4 Å². The molecule has 8 heteroatoms. The maximum atomic E-state index is 11.5. The third-order valence-electron chi connectivity index (χ3n) is 2.88. The second-order valence-corrected chi connectivity index (χ2v) is 4.90. The zero-order valence-electron chi connectivity index (χ0n) is 13.1. The molecule has 0 saturated carbocycles. The first-order chi connectivity index (χ1) is 10.4. The van der Waals surface area contributed by atoms with E-state index < -0.39 is 4.92 Å². The first kappa shape index (κ1) is 17.5. The fraction of sp³-hybridized carbons (Fsp3) is 0.500. The number of carbonyl (C=O) groups excluding carboxylic acids is 1. The van der Waals surface area contributed by atoms with Gasteiger partial charge in [0.25, 0.3) is 5.69 Å². The minimum atomic E-state index is -0.481. The van der Waals surface area contributed by atoms with E-state index in [9.17, 15) is 14.9 Å². The summed E-state index contributed by atoms with van der Waals surface area (Å²) in [5, 5.41) is 16.5. The number of hydrogen-bond donors (Lipinski definition) is 2. The third-order valence-corrected chi connectivity index (χ3v) is 2.88. The van der Waals surface area contributed by atoms with Crippen LogP contribution in [0, 0.1) is 10.1 Å². The first-order valence-electron chi connectivity index (χ1n) is 6.82. The van der Waals surface area contributed by atoms with E-state index in [-0.39, 0.29) is 24.3 Å². The second-order valence-electron chi connectivity index (χ2n) is 4.90. The van der Waals surface area contributed by atoms with E-state index >= 15 is 0 Å². The minimum Gasteiger partial charge on any atom is -0.493 e. The average Bonchev–Trinajstić information content (AvgIpc) is 2.45. The van der Waals surface area contributed by atoms with Gasteiger partial charge in [-0.3, -0.25) is 10.1 Å². The van der Waals surface area contributed by atoms with Crippen molar-refractivity contribution in [3.63, 3.8) is 0 Å². The monoisotopic (exact) mass is 311 g/mol. The highest BCUT2D eigenvalue weighted by molar-refractivity contribution is 5.74. The lowest BCUT2D eigenvalue weighted by atomic mass is 10.1. The minimum absolute atomic E-state index is 0.0235. The molecule has 0 bridgehead atoms. The molecule has 0 radical (unpaired) electrons. The van der Waals surface area contributed by atoms with Crippen LogP contribution in [0.3, 0.4) is 0 Å². The van der Waals surface area contributed by atoms with Crippen molar-refractivity contribution in [1.82, 2.24) is 10.6 Å². The Morgan fingerprint density at radius 2 is 1.86 bits per heavy atom. The lowest BCUT2D eigenvalue weighted by Crippen LogP contribution is -2.40. The van der Waals surface area contributed by atoms with Crippen LogP contribution in [0.2, 0.25) is 0 Å². The summed E-state index contributed by atoms with van der Waals surface area (Å²) in [4.78, 5) is 22.1. The molecule has 8 nitrogen and oxygen atoms in total. The van der Waals surface area contributed by atoms with Gasteiger partial charge in [0.15, 0.2) is 11.5 Å². The SMILES string of the molecule is COc1cc(CCNC(=O)NC(C)C)c([N+](=O)[O-])cc1OC. The van der Waals surface area contributed by atoms with Crippen LogP contribution in [-0.4, -0.2) is 37.8 Å². The number of urea groups is 1. The Balaban J connectivity index is 2.84. The van der Waals surface area contributed by atoms with Crippen LogP contribution in [-0.2, 0) is 6.42 Å². The van der Waals surface area contributed by atoms with E-state index in [1.165, 1.54) is 20.3 Å². The molecule has 2 N–H and O–H groups in total. The van der Waals surface area contributed by atoms with E-state index in [0.29, 0.717) is 23.5 Å². The van der Waals surface area contributed by atoms with Gasteiger partial charge in [0, 0.05) is 18.2 Å². The third kappa shape index (κ3) is 4.80. The molecule has 0 spiro atoms. The van der Waals surface area contributed by atoms with Crippen LogP contribution in [0.15, 0.2) is 12.1 Å². The lowest BCUT2D eigenvalue weighted by molar-refractivity contribution is -0.385. The normalized spacial score (nSPS) is 10.2. The zero-order valence-corrected chi connectivity index (χ0v) is 13.1. The predicted molar refractivity (Wildman–Crippen MR) is 81.6 cm³/mol. The Kier molecular flexibility index (Phi) is 6.43. The number of nitro benzene ring substituents is 1. The van der Waals surface area contributed by atoms with Gasteiger partial charge < -0.3 is 20.1 Å². The number of amides is 2. The van der Waals surface area contributed by atoms with Crippen LogP contribution in [0.25, 0.3) is 0 Å². The van der Waals surface area contributed by atoms with Crippen molar-refractivity contribution in [2.45, 2.75) is 26.3 Å². The van der Waals surface area contributed by atoms with Gasteiger partial charge in [0.2, 0.25) is 0 Å². The number of ether oxygens (including phenoxy) is 2. The van der Waals surface area contributed by atoms with E-state index in [1.54, 1.807) is 6.07 Å². The number of hydrogen-bond acceptors (Lipinski definition) is 5. The van der Waals surface area contributed by atoms with Gasteiger partial charge in [-0.05, 0) is 26.3 Å². The van der Waals surface area contributed by atoms with Crippen molar-refractivity contribution >= 4 is 11.7 Å². The van der Waals surface area contributed by atoms with Gasteiger partial charge in [-0.15, -0.1) is 0 Å². The maximum Gasteiger partial charge on any atom is 0.314 e. The Hall–Kier alpha value is -2.51. The average molecular weight is 311 g/mol. The summed E-state index contributed by atoms with van der Waals surface area (Å²) in [5.74, 6) is 0.707. The number of nitrogens with one attached hydrogen (secondary N) is 2. The molecule has 2 amide bonds. The molecule has 0 heterocycles. The van der Waals surface area contributed by atoms with Crippen molar-refractivity contribution < 1.29 is 19.2 Å². The molecule has 1 rings (SSSR count). The molecular formula is C14H21N3O5. The van der Waals surface area contributed by atoms with E-state index in [1.807, 2.05) is 13.8 Å². The van der Waals surface area contributed by atoms with Crippen LogP contribution in [0.5, 0.6) is 11.5 Å². The van der Waals surface area contributed by atoms with Gasteiger partial charge in [-0.1, -0.05) is 0 Å². The summed E-state index contributed by atoms with van der Waals surface area (Å²) in [6, 6.07) is 2.59. The number of carbonyl (C=O) groups is 1. The Bertz CT molecular complexity index is 546. The summed E-state index contributed by atoms with van der Waals surface area (Å²) in [7, 11) is 2.88. The highest BCUT2D eigenvalue weighted by atomic mass is 16.6. The van der Waals surface area contributed by atoms with Gasteiger partial charge >= 0.3 is 6.03 Å². The summed E-state index contributed by atoms with van der Waals surface area (Å²) in [5.41, 5.74) is 0.399. The number of nitro groups is 1. The topological polar surface area (TPSA) is 103 Å². The van der Waals surface area contributed by atoms with Crippen molar-refractivity contribution in [2.24, 2.45) is 0 Å². The van der Waals surface area contributed by atoms with E-state index in [4.69, 9.17) is 9.47 Å².